The zero-order valence-corrected chi connectivity index (χ0v) is 8.08. The molecule has 0 aromatic carbocycles. The van der Waals surface area contributed by atoms with E-state index in [1.807, 2.05) is 12.1 Å². The number of rotatable bonds is 3. The summed E-state index contributed by atoms with van der Waals surface area (Å²) in [6.45, 7) is 0. The van der Waals surface area contributed by atoms with Crippen LogP contribution in [0.1, 0.15) is 5.76 Å². The van der Waals surface area contributed by atoms with Gasteiger partial charge in [0.1, 0.15) is 5.76 Å². The summed E-state index contributed by atoms with van der Waals surface area (Å²) in [6, 6.07) is 5.10. The van der Waals surface area contributed by atoms with Gasteiger partial charge in [-0.15, -0.1) is 0 Å². The van der Waals surface area contributed by atoms with Crippen molar-refractivity contribution in [3.63, 3.8) is 0 Å². The molecule has 0 saturated heterocycles. The second-order valence-corrected chi connectivity index (χ2v) is 3.57. The number of aromatic amines is 1. The van der Waals surface area contributed by atoms with Crippen LogP contribution in [0.3, 0.4) is 0 Å². The number of nitrogens with zero attached hydrogens (tertiary/aromatic N) is 1. The van der Waals surface area contributed by atoms with E-state index in [0.717, 1.165) is 5.76 Å². The van der Waals surface area contributed by atoms with E-state index in [0.29, 0.717) is 10.9 Å². The molecule has 4 nitrogen and oxygen atoms in total. The predicted molar refractivity (Wildman–Crippen MR) is 53.1 cm³/mol. The number of furan rings is 1. The first-order chi connectivity index (χ1) is 6.84. The summed E-state index contributed by atoms with van der Waals surface area (Å²) >= 11 is 1.43. The number of hydrogen-bond donors (Lipinski definition) is 1. The normalized spacial score (nSPS) is 10.3. The van der Waals surface area contributed by atoms with Gasteiger partial charge >= 0.3 is 0 Å². The molecule has 1 N–H and O–H groups in total. The average molecular weight is 208 g/mol. The molecule has 0 aliphatic heterocycles. The molecule has 2 heterocycles. The van der Waals surface area contributed by atoms with Crippen molar-refractivity contribution < 1.29 is 4.42 Å². The monoisotopic (exact) mass is 208 g/mol. The molecule has 0 fully saturated rings. The summed E-state index contributed by atoms with van der Waals surface area (Å²) < 4.78 is 5.14. The Morgan fingerprint density at radius 2 is 2.43 bits per heavy atom. The van der Waals surface area contributed by atoms with Gasteiger partial charge in [0.2, 0.25) is 0 Å². The summed E-state index contributed by atoms with van der Waals surface area (Å²) in [5.74, 6) is 1.53. The minimum absolute atomic E-state index is 0.137. The lowest BCUT2D eigenvalue weighted by Gasteiger charge is -1.96. The van der Waals surface area contributed by atoms with E-state index < -0.39 is 0 Å². The maximum Gasteiger partial charge on any atom is 0.251 e. The smallest absolute Gasteiger partial charge is 0.251 e. The quantitative estimate of drug-likeness (QED) is 0.615. The number of nitrogens with one attached hydrogen (secondary N) is 1. The van der Waals surface area contributed by atoms with Gasteiger partial charge in [-0.3, -0.25) is 4.79 Å². The van der Waals surface area contributed by atoms with Gasteiger partial charge in [0.25, 0.3) is 5.56 Å². The summed E-state index contributed by atoms with van der Waals surface area (Å²) in [5.41, 5.74) is -0.137. The van der Waals surface area contributed by atoms with Crippen LogP contribution in [0.4, 0.5) is 0 Å². The second-order valence-electron chi connectivity index (χ2n) is 2.61. The molecule has 0 aliphatic rings. The Hall–Kier alpha value is -1.49. The molecule has 14 heavy (non-hydrogen) atoms. The van der Waals surface area contributed by atoms with Crippen molar-refractivity contribution in [3.8, 4) is 0 Å². The fourth-order valence-corrected chi connectivity index (χ4v) is 1.71. The van der Waals surface area contributed by atoms with Gasteiger partial charge in [-0.2, -0.15) is 0 Å². The second kappa shape index (κ2) is 4.15. The Labute approximate surface area is 84.4 Å². The zero-order chi connectivity index (χ0) is 9.80. The molecule has 0 amide bonds. The fraction of sp³-hybridized carbons (Fsp3) is 0.111. The molecule has 0 radical (unpaired) electrons. The van der Waals surface area contributed by atoms with Gasteiger partial charge in [0.15, 0.2) is 5.16 Å². The van der Waals surface area contributed by atoms with Crippen molar-refractivity contribution in [3.05, 3.63) is 46.8 Å². The minimum atomic E-state index is -0.137. The first-order valence-corrected chi connectivity index (χ1v) is 5.04. The standard InChI is InChI=1S/C9H8N2O2S/c12-8-3-4-10-9(11-8)14-6-7-2-1-5-13-7/h1-5H,6H2,(H,10,11,12). The number of thioether (sulfide) groups is 1. The van der Waals surface area contributed by atoms with Gasteiger partial charge in [-0.1, -0.05) is 11.8 Å². The van der Waals surface area contributed by atoms with Crippen molar-refractivity contribution in [2.24, 2.45) is 0 Å². The van der Waals surface area contributed by atoms with Crippen LogP contribution in [0, 0.1) is 0 Å². The van der Waals surface area contributed by atoms with Crippen LogP contribution in [0.15, 0.2) is 45.0 Å². The molecule has 0 atom stereocenters. The van der Waals surface area contributed by atoms with Crippen LogP contribution < -0.4 is 5.56 Å². The van der Waals surface area contributed by atoms with Crippen molar-refractivity contribution in [2.45, 2.75) is 10.9 Å². The lowest BCUT2D eigenvalue weighted by atomic mass is 10.5. The maximum absolute atomic E-state index is 10.9. The van der Waals surface area contributed by atoms with Crippen molar-refractivity contribution in [1.29, 1.82) is 0 Å². The van der Waals surface area contributed by atoms with Crippen LogP contribution >= 0.6 is 11.8 Å². The lowest BCUT2D eigenvalue weighted by molar-refractivity contribution is 0.530. The SMILES string of the molecule is O=c1ccnc(SCc2ccco2)[nH]1. The molecule has 2 rings (SSSR count). The zero-order valence-electron chi connectivity index (χ0n) is 7.27. The van der Waals surface area contributed by atoms with Crippen molar-refractivity contribution in [2.75, 3.05) is 0 Å². The van der Waals surface area contributed by atoms with E-state index in [1.54, 1.807) is 6.26 Å². The highest BCUT2D eigenvalue weighted by atomic mass is 32.2. The summed E-state index contributed by atoms with van der Waals surface area (Å²) in [6.07, 6.45) is 3.11. The van der Waals surface area contributed by atoms with E-state index in [2.05, 4.69) is 9.97 Å². The van der Waals surface area contributed by atoms with Crippen molar-refractivity contribution in [1.82, 2.24) is 9.97 Å². The molecule has 5 heteroatoms. The van der Waals surface area contributed by atoms with Gasteiger partial charge in [-0.05, 0) is 12.1 Å². The summed E-state index contributed by atoms with van der Waals surface area (Å²) in [5, 5.41) is 0.605. The van der Waals surface area contributed by atoms with Crippen LogP contribution in [-0.4, -0.2) is 9.97 Å². The minimum Gasteiger partial charge on any atom is -0.468 e. The van der Waals surface area contributed by atoms with E-state index in [1.165, 1.54) is 24.0 Å². The number of aromatic nitrogens is 2. The van der Waals surface area contributed by atoms with Crippen molar-refractivity contribution >= 4 is 11.8 Å². The molecular weight excluding hydrogens is 200 g/mol. The molecule has 0 unspecified atom stereocenters. The molecule has 2 aromatic heterocycles. The Morgan fingerprint density at radius 1 is 1.50 bits per heavy atom. The van der Waals surface area contributed by atoms with E-state index in [9.17, 15) is 4.79 Å². The first kappa shape index (κ1) is 9.08. The molecule has 2 aromatic rings. The third-order valence-electron chi connectivity index (χ3n) is 1.58. The summed E-state index contributed by atoms with van der Waals surface area (Å²) in [4.78, 5) is 17.5. The molecule has 0 spiro atoms. The van der Waals surface area contributed by atoms with E-state index in [4.69, 9.17) is 4.42 Å². The Balaban J connectivity index is 2.02. The predicted octanol–water partition coefficient (Wildman–Crippen LogP) is 1.66. The van der Waals surface area contributed by atoms with Crippen LogP contribution in [0.2, 0.25) is 0 Å². The lowest BCUT2D eigenvalue weighted by Crippen LogP contribution is -2.05. The molecule has 0 saturated carbocycles. The van der Waals surface area contributed by atoms with E-state index in [-0.39, 0.29) is 5.56 Å². The highest BCUT2D eigenvalue weighted by Gasteiger charge is 1.99. The Bertz CT molecular complexity index is 450. The van der Waals surface area contributed by atoms with Gasteiger partial charge in [0, 0.05) is 12.3 Å². The van der Waals surface area contributed by atoms with Crippen LogP contribution in [-0.2, 0) is 5.75 Å². The third kappa shape index (κ3) is 2.26. The Kier molecular flexibility index (Phi) is 2.69. The van der Waals surface area contributed by atoms with Gasteiger partial charge in [0.05, 0.1) is 12.0 Å². The molecule has 0 aliphatic carbocycles. The van der Waals surface area contributed by atoms with Crippen LogP contribution in [0.25, 0.3) is 0 Å². The molecule has 72 valence electrons. The van der Waals surface area contributed by atoms with Gasteiger partial charge < -0.3 is 9.40 Å². The number of H-pyrrole nitrogens is 1. The highest BCUT2D eigenvalue weighted by Crippen LogP contribution is 2.17. The van der Waals surface area contributed by atoms with E-state index >= 15 is 0 Å². The Morgan fingerprint density at radius 3 is 3.14 bits per heavy atom. The highest BCUT2D eigenvalue weighted by molar-refractivity contribution is 7.98. The van der Waals surface area contributed by atoms with Crippen LogP contribution in [0.5, 0.6) is 0 Å². The largest absolute Gasteiger partial charge is 0.468 e. The molecule has 0 bridgehead atoms. The molecular formula is C9H8N2O2S. The van der Waals surface area contributed by atoms with Gasteiger partial charge in [-0.25, -0.2) is 4.98 Å². The average Bonchev–Trinajstić information content (AvgIpc) is 2.67. The first-order valence-electron chi connectivity index (χ1n) is 4.05. The topological polar surface area (TPSA) is 58.9 Å². The summed E-state index contributed by atoms with van der Waals surface area (Å²) in [7, 11) is 0. The third-order valence-corrected chi connectivity index (χ3v) is 2.49. The maximum atomic E-state index is 10.9. The fourth-order valence-electron chi connectivity index (χ4n) is 0.960. The number of hydrogen-bond acceptors (Lipinski definition) is 4.